The number of hydrogen-bond donors (Lipinski definition) is 0. The Morgan fingerprint density at radius 1 is 1.07 bits per heavy atom. The van der Waals surface area contributed by atoms with Gasteiger partial charge in [-0.1, -0.05) is 46.3 Å². The number of rotatable bonds is 2. The Morgan fingerprint density at radius 2 is 1.80 bits per heavy atom. The second-order valence-electron chi connectivity index (χ2n) is 3.12. The van der Waals surface area contributed by atoms with Gasteiger partial charge in [0.1, 0.15) is 5.75 Å². The third-order valence-electron chi connectivity index (χ3n) is 2.16. The molecule has 1 radical (unpaired) electrons. The molecule has 2 aromatic rings. The lowest BCUT2D eigenvalue weighted by molar-refractivity contribution is 0.415. The van der Waals surface area contributed by atoms with Crippen LogP contribution in [0.3, 0.4) is 0 Å². The minimum atomic E-state index is 0.760. The molecule has 2 heteroatoms. The van der Waals surface area contributed by atoms with Gasteiger partial charge in [-0.25, -0.2) is 0 Å². The Labute approximate surface area is 97.8 Å². The zero-order valence-electron chi connectivity index (χ0n) is 8.33. The Morgan fingerprint density at radius 3 is 2.47 bits per heavy atom. The topological polar surface area (TPSA) is 9.23 Å². The highest BCUT2D eigenvalue weighted by molar-refractivity contribution is 9.10. The summed E-state index contributed by atoms with van der Waals surface area (Å²) in [6, 6.07) is 17.2. The zero-order valence-corrected chi connectivity index (χ0v) is 9.91. The van der Waals surface area contributed by atoms with Crippen molar-refractivity contribution in [1.29, 1.82) is 0 Å². The molecule has 0 aliphatic rings. The standard InChI is InChI=1S/C13H10BrO/c1-15-13-9-11(14)7-8-12(13)10-5-3-2-4-6-10/h2-8H,1H3. The lowest BCUT2D eigenvalue weighted by atomic mass is 10.1. The van der Waals surface area contributed by atoms with Crippen molar-refractivity contribution in [2.75, 3.05) is 7.11 Å². The monoisotopic (exact) mass is 261 g/mol. The Bertz CT molecular complexity index is 451. The Balaban J connectivity index is 2.53. The fraction of sp³-hybridized carbons (Fsp3) is 0.0769. The van der Waals surface area contributed by atoms with Crippen LogP contribution < -0.4 is 4.74 Å². The summed E-state index contributed by atoms with van der Waals surface area (Å²) in [6.07, 6.45) is 0. The van der Waals surface area contributed by atoms with Crippen LogP contribution in [-0.4, -0.2) is 7.11 Å². The average Bonchev–Trinajstić information content (AvgIpc) is 2.30. The number of halogens is 1. The van der Waals surface area contributed by atoms with Crippen LogP contribution in [0.4, 0.5) is 0 Å². The summed E-state index contributed by atoms with van der Waals surface area (Å²) < 4.78 is 6.20. The normalized spacial score (nSPS) is 10.0. The van der Waals surface area contributed by atoms with E-state index in [1.807, 2.05) is 30.3 Å². The minimum Gasteiger partial charge on any atom is -0.495 e. The molecule has 0 amide bonds. The first-order chi connectivity index (χ1) is 7.31. The third-order valence-corrected chi connectivity index (χ3v) is 2.63. The van der Waals surface area contributed by atoms with E-state index in [1.165, 1.54) is 0 Å². The lowest BCUT2D eigenvalue weighted by Gasteiger charge is -2.08. The summed E-state index contributed by atoms with van der Waals surface area (Å²) >= 11 is 3.37. The summed E-state index contributed by atoms with van der Waals surface area (Å²) in [6.45, 7) is 0. The fourth-order valence-corrected chi connectivity index (χ4v) is 1.77. The number of ether oxygens (including phenoxy) is 1. The summed E-state index contributed by atoms with van der Waals surface area (Å²) in [7, 11) is 1.66. The van der Waals surface area contributed by atoms with Crippen molar-refractivity contribution >= 4 is 15.9 Å². The number of hydrogen-bond acceptors (Lipinski definition) is 1. The molecule has 0 bridgehead atoms. The van der Waals surface area contributed by atoms with E-state index in [4.69, 9.17) is 4.74 Å². The van der Waals surface area contributed by atoms with Gasteiger partial charge in [-0.3, -0.25) is 0 Å². The van der Waals surface area contributed by atoms with Crippen LogP contribution in [0.25, 0.3) is 11.1 Å². The van der Waals surface area contributed by atoms with E-state index in [9.17, 15) is 0 Å². The van der Waals surface area contributed by atoms with Gasteiger partial charge >= 0.3 is 0 Å². The number of benzene rings is 2. The predicted molar refractivity (Wildman–Crippen MR) is 65.0 cm³/mol. The van der Waals surface area contributed by atoms with Crippen LogP contribution >= 0.6 is 15.9 Å². The molecule has 0 aliphatic heterocycles. The SMILES string of the molecule is COc1[c]c(Br)ccc1-c1ccccc1. The molecule has 15 heavy (non-hydrogen) atoms. The van der Waals surface area contributed by atoms with Gasteiger partial charge in [-0.05, 0) is 17.7 Å². The molecule has 0 saturated heterocycles. The highest BCUT2D eigenvalue weighted by atomic mass is 79.9. The quantitative estimate of drug-likeness (QED) is 0.796. The summed E-state index contributed by atoms with van der Waals surface area (Å²) in [5, 5.41) is 0. The molecule has 75 valence electrons. The van der Waals surface area contributed by atoms with Crippen molar-refractivity contribution in [3.63, 3.8) is 0 Å². The summed E-state index contributed by atoms with van der Waals surface area (Å²) in [5.41, 5.74) is 2.19. The van der Waals surface area contributed by atoms with Crippen molar-refractivity contribution in [1.82, 2.24) is 0 Å². The van der Waals surface area contributed by atoms with Gasteiger partial charge in [-0.2, -0.15) is 0 Å². The highest BCUT2D eigenvalue weighted by Crippen LogP contribution is 2.31. The van der Waals surface area contributed by atoms with E-state index >= 15 is 0 Å². The predicted octanol–water partition coefficient (Wildman–Crippen LogP) is 3.92. The first-order valence-electron chi connectivity index (χ1n) is 4.62. The van der Waals surface area contributed by atoms with Gasteiger partial charge < -0.3 is 4.74 Å². The van der Waals surface area contributed by atoms with Gasteiger partial charge in [0.2, 0.25) is 0 Å². The van der Waals surface area contributed by atoms with Gasteiger partial charge in [0.25, 0.3) is 0 Å². The highest BCUT2D eigenvalue weighted by Gasteiger charge is 2.05. The fourth-order valence-electron chi connectivity index (χ4n) is 1.46. The van der Waals surface area contributed by atoms with Crippen molar-refractivity contribution < 1.29 is 4.74 Å². The van der Waals surface area contributed by atoms with Gasteiger partial charge in [0.05, 0.1) is 7.11 Å². The van der Waals surface area contributed by atoms with E-state index in [0.717, 1.165) is 21.3 Å². The maximum Gasteiger partial charge on any atom is 0.135 e. The third kappa shape index (κ3) is 2.21. The molecule has 0 aliphatic carbocycles. The van der Waals surface area contributed by atoms with Crippen LogP contribution in [0, 0.1) is 6.07 Å². The summed E-state index contributed by atoms with van der Waals surface area (Å²) in [5.74, 6) is 0.760. The van der Waals surface area contributed by atoms with E-state index < -0.39 is 0 Å². The summed E-state index contributed by atoms with van der Waals surface area (Å²) in [4.78, 5) is 0. The second kappa shape index (κ2) is 4.49. The average molecular weight is 262 g/mol. The molecule has 0 N–H and O–H groups in total. The number of methoxy groups -OCH3 is 1. The molecule has 0 unspecified atom stereocenters. The first-order valence-corrected chi connectivity index (χ1v) is 5.42. The van der Waals surface area contributed by atoms with Crippen molar-refractivity contribution in [2.45, 2.75) is 0 Å². The van der Waals surface area contributed by atoms with Crippen LogP contribution in [0.5, 0.6) is 5.75 Å². The molecule has 0 spiro atoms. The first kappa shape index (κ1) is 10.2. The molecule has 2 aromatic carbocycles. The van der Waals surface area contributed by atoms with Crippen LogP contribution in [0.1, 0.15) is 0 Å². The zero-order chi connectivity index (χ0) is 10.7. The van der Waals surface area contributed by atoms with Gasteiger partial charge in [0.15, 0.2) is 0 Å². The lowest BCUT2D eigenvalue weighted by Crippen LogP contribution is -1.87. The van der Waals surface area contributed by atoms with Crippen LogP contribution in [-0.2, 0) is 0 Å². The molecule has 0 atom stereocenters. The molecular weight excluding hydrogens is 252 g/mol. The molecule has 0 aromatic heterocycles. The van der Waals surface area contributed by atoms with Crippen LogP contribution in [0.15, 0.2) is 46.9 Å². The van der Waals surface area contributed by atoms with E-state index in [2.05, 4.69) is 34.1 Å². The smallest absolute Gasteiger partial charge is 0.135 e. The maximum atomic E-state index is 5.30. The van der Waals surface area contributed by atoms with Gasteiger partial charge in [-0.15, -0.1) is 0 Å². The Hall–Kier alpha value is -1.28. The Kier molecular flexibility index (Phi) is 3.07. The minimum absolute atomic E-state index is 0.760. The van der Waals surface area contributed by atoms with E-state index in [0.29, 0.717) is 0 Å². The van der Waals surface area contributed by atoms with Crippen molar-refractivity contribution in [3.05, 3.63) is 53.0 Å². The molecule has 0 heterocycles. The molecule has 1 nitrogen and oxygen atoms in total. The van der Waals surface area contributed by atoms with E-state index in [1.54, 1.807) is 7.11 Å². The maximum absolute atomic E-state index is 5.30. The molecule has 0 fully saturated rings. The molecule has 2 rings (SSSR count). The van der Waals surface area contributed by atoms with E-state index in [-0.39, 0.29) is 0 Å². The van der Waals surface area contributed by atoms with Crippen LogP contribution in [0.2, 0.25) is 0 Å². The van der Waals surface area contributed by atoms with Crippen molar-refractivity contribution in [3.8, 4) is 16.9 Å². The second-order valence-corrected chi connectivity index (χ2v) is 3.97. The largest absolute Gasteiger partial charge is 0.495 e. The molecule has 0 saturated carbocycles. The van der Waals surface area contributed by atoms with Crippen molar-refractivity contribution in [2.24, 2.45) is 0 Å². The molecular formula is C13H10BrO. The van der Waals surface area contributed by atoms with Gasteiger partial charge in [0, 0.05) is 16.1 Å².